The van der Waals surface area contributed by atoms with Gasteiger partial charge >= 0.3 is 0 Å². The van der Waals surface area contributed by atoms with Crippen LogP contribution in [0.1, 0.15) is 17.1 Å². The van der Waals surface area contributed by atoms with E-state index in [9.17, 15) is 0 Å². The Morgan fingerprint density at radius 3 is 2.29 bits per heavy atom. The Morgan fingerprint density at radius 2 is 1.62 bits per heavy atom. The molecule has 0 aliphatic heterocycles. The van der Waals surface area contributed by atoms with Gasteiger partial charge in [0.2, 0.25) is 3.79 Å². The Morgan fingerprint density at radius 1 is 0.917 bits per heavy atom. The van der Waals surface area contributed by atoms with Crippen molar-refractivity contribution in [2.45, 2.75) is 3.79 Å². The highest BCUT2D eigenvalue weighted by Gasteiger charge is 2.27. The molecule has 3 aromatic rings. The topological polar surface area (TPSA) is 35.0 Å². The van der Waals surface area contributed by atoms with Crippen LogP contribution in [0.25, 0.3) is 10.9 Å². The highest BCUT2D eigenvalue weighted by Crippen LogP contribution is 2.36. The first-order valence-corrected chi connectivity index (χ1v) is 8.11. The predicted molar refractivity (Wildman–Crippen MR) is 97.7 cm³/mol. The Labute approximate surface area is 154 Å². The summed E-state index contributed by atoms with van der Waals surface area (Å²) in [5.41, 5.74) is 2.01. The van der Waals surface area contributed by atoms with Crippen molar-refractivity contribution in [2.24, 2.45) is 0 Å². The molecule has 6 heteroatoms. The van der Waals surface area contributed by atoms with E-state index in [2.05, 4.69) is 21.8 Å². The van der Waals surface area contributed by atoms with Gasteiger partial charge in [-0.2, -0.15) is 0 Å². The molecule has 0 fully saturated rings. The van der Waals surface area contributed by atoms with E-state index in [1.165, 1.54) is 0 Å². The van der Waals surface area contributed by atoms with E-state index in [1.54, 1.807) is 7.11 Å². The molecular weight excluding hydrogens is 367 g/mol. The number of halogens is 3. The molecule has 0 spiro atoms. The minimum atomic E-state index is -1.71. The van der Waals surface area contributed by atoms with Crippen LogP contribution in [-0.2, 0) is 3.79 Å². The fraction of sp³-hybridized carbons (Fsp3) is 0.111. The monoisotopic (exact) mass is 376 g/mol. The molecule has 24 heavy (non-hydrogen) atoms. The van der Waals surface area contributed by atoms with Crippen LogP contribution in [0.15, 0.2) is 48.5 Å². The summed E-state index contributed by atoms with van der Waals surface area (Å²) in [7, 11) is 1.62. The molecular formula is C18H11Cl3N2O. The number of aromatic nitrogens is 2. The average molecular weight is 378 g/mol. The molecule has 2 aromatic carbocycles. The van der Waals surface area contributed by atoms with Crippen LogP contribution < -0.4 is 4.74 Å². The second kappa shape index (κ2) is 6.86. The van der Waals surface area contributed by atoms with E-state index in [4.69, 9.17) is 39.5 Å². The van der Waals surface area contributed by atoms with E-state index in [1.807, 2.05) is 48.5 Å². The highest BCUT2D eigenvalue weighted by molar-refractivity contribution is 6.66. The van der Waals surface area contributed by atoms with Crippen LogP contribution in [0.4, 0.5) is 0 Å². The van der Waals surface area contributed by atoms with Crippen LogP contribution in [0.5, 0.6) is 5.75 Å². The molecule has 3 rings (SSSR count). The summed E-state index contributed by atoms with van der Waals surface area (Å²) in [6.45, 7) is 0. The molecule has 0 bridgehead atoms. The van der Waals surface area contributed by atoms with Gasteiger partial charge in [0.05, 0.1) is 12.6 Å². The first kappa shape index (κ1) is 16.9. The number of para-hydroxylation sites is 1. The van der Waals surface area contributed by atoms with E-state index in [-0.39, 0.29) is 5.82 Å². The van der Waals surface area contributed by atoms with Gasteiger partial charge in [-0.15, -0.1) is 0 Å². The number of benzene rings is 2. The van der Waals surface area contributed by atoms with E-state index < -0.39 is 3.79 Å². The third-order valence-corrected chi connectivity index (χ3v) is 3.78. The fourth-order valence-electron chi connectivity index (χ4n) is 2.10. The molecule has 0 aliphatic rings. The molecule has 3 nitrogen and oxygen atoms in total. The van der Waals surface area contributed by atoms with Crippen LogP contribution in [0, 0.1) is 11.8 Å². The summed E-state index contributed by atoms with van der Waals surface area (Å²) < 4.78 is 3.42. The van der Waals surface area contributed by atoms with E-state index in [0.29, 0.717) is 11.2 Å². The lowest BCUT2D eigenvalue weighted by Crippen LogP contribution is -2.08. The first-order valence-electron chi connectivity index (χ1n) is 6.97. The lowest BCUT2D eigenvalue weighted by molar-refractivity contribution is 0.415. The Kier molecular flexibility index (Phi) is 4.82. The van der Waals surface area contributed by atoms with Crippen molar-refractivity contribution in [3.63, 3.8) is 0 Å². The van der Waals surface area contributed by atoms with Crippen molar-refractivity contribution in [2.75, 3.05) is 7.11 Å². The zero-order valence-corrected chi connectivity index (χ0v) is 14.8. The van der Waals surface area contributed by atoms with Gasteiger partial charge in [-0.1, -0.05) is 52.9 Å². The summed E-state index contributed by atoms with van der Waals surface area (Å²) in [5.74, 6) is 6.97. The van der Waals surface area contributed by atoms with Crippen molar-refractivity contribution in [3.05, 3.63) is 65.6 Å². The SMILES string of the molecule is COc1ccc(C#Cc2nc(C(Cl)(Cl)Cl)nc3ccccc23)cc1. The Balaban J connectivity index is 2.09. The molecule has 0 saturated carbocycles. The van der Waals surface area contributed by atoms with Gasteiger partial charge in [-0.25, -0.2) is 9.97 Å². The molecule has 1 aromatic heterocycles. The lowest BCUT2D eigenvalue weighted by Gasteiger charge is -2.10. The highest BCUT2D eigenvalue weighted by atomic mass is 35.6. The van der Waals surface area contributed by atoms with Gasteiger partial charge in [-0.05, 0) is 42.3 Å². The minimum Gasteiger partial charge on any atom is -0.497 e. The van der Waals surface area contributed by atoms with Gasteiger partial charge in [0, 0.05) is 10.9 Å². The summed E-state index contributed by atoms with van der Waals surface area (Å²) in [4.78, 5) is 8.61. The molecule has 0 unspecified atom stereocenters. The maximum absolute atomic E-state index is 5.93. The zero-order valence-electron chi connectivity index (χ0n) is 12.6. The van der Waals surface area contributed by atoms with Crippen molar-refractivity contribution in [1.29, 1.82) is 0 Å². The third-order valence-electron chi connectivity index (χ3n) is 3.27. The van der Waals surface area contributed by atoms with E-state index >= 15 is 0 Å². The van der Waals surface area contributed by atoms with Crippen LogP contribution in [0.2, 0.25) is 0 Å². The smallest absolute Gasteiger partial charge is 0.250 e. The Hall–Kier alpha value is -1.99. The predicted octanol–water partition coefficient (Wildman–Crippen LogP) is 4.86. The molecule has 0 saturated heterocycles. The number of rotatable bonds is 1. The van der Waals surface area contributed by atoms with Crippen LogP contribution in [0.3, 0.4) is 0 Å². The summed E-state index contributed by atoms with van der Waals surface area (Å²) in [6.07, 6.45) is 0. The third kappa shape index (κ3) is 3.73. The number of hydrogen-bond acceptors (Lipinski definition) is 3. The number of fused-ring (bicyclic) bond motifs is 1. The van der Waals surface area contributed by atoms with Gasteiger partial charge < -0.3 is 4.74 Å². The minimum absolute atomic E-state index is 0.102. The fourth-order valence-corrected chi connectivity index (χ4v) is 2.36. The van der Waals surface area contributed by atoms with E-state index in [0.717, 1.165) is 16.7 Å². The molecule has 120 valence electrons. The molecule has 0 radical (unpaired) electrons. The largest absolute Gasteiger partial charge is 0.497 e. The molecule has 0 aliphatic carbocycles. The van der Waals surface area contributed by atoms with Gasteiger partial charge in [0.1, 0.15) is 11.4 Å². The van der Waals surface area contributed by atoms with Gasteiger partial charge in [-0.3, -0.25) is 0 Å². The maximum Gasteiger partial charge on any atom is 0.250 e. The normalized spacial score (nSPS) is 11.0. The molecule has 0 amide bonds. The number of methoxy groups -OCH3 is 1. The van der Waals surface area contributed by atoms with Gasteiger partial charge in [0.25, 0.3) is 0 Å². The maximum atomic E-state index is 5.93. The Bertz CT molecular complexity index is 938. The molecule has 1 heterocycles. The zero-order chi connectivity index (χ0) is 17.2. The molecule has 0 N–H and O–H groups in total. The number of ether oxygens (including phenoxy) is 1. The van der Waals surface area contributed by atoms with Crippen molar-refractivity contribution in [3.8, 4) is 17.6 Å². The summed E-state index contributed by atoms with van der Waals surface area (Å²) in [5, 5.41) is 0.802. The average Bonchev–Trinajstić information content (AvgIpc) is 2.59. The molecule has 0 atom stereocenters. The first-order chi connectivity index (χ1) is 11.5. The number of hydrogen-bond donors (Lipinski definition) is 0. The van der Waals surface area contributed by atoms with Crippen molar-refractivity contribution >= 4 is 45.7 Å². The lowest BCUT2D eigenvalue weighted by atomic mass is 10.1. The van der Waals surface area contributed by atoms with Crippen LogP contribution in [-0.4, -0.2) is 17.1 Å². The van der Waals surface area contributed by atoms with Gasteiger partial charge in [0.15, 0.2) is 5.82 Å². The summed E-state index contributed by atoms with van der Waals surface area (Å²) in [6, 6.07) is 14.9. The standard InChI is InChI=1S/C18H11Cl3N2O/c1-24-13-9-6-12(7-10-13)8-11-16-14-4-2-3-5-15(14)22-17(23-16)18(19,20)21/h2-7,9-10H,1H3. The summed E-state index contributed by atoms with van der Waals surface area (Å²) >= 11 is 17.8. The van der Waals surface area contributed by atoms with Crippen molar-refractivity contribution in [1.82, 2.24) is 9.97 Å². The quantitative estimate of drug-likeness (QED) is 0.448. The second-order valence-electron chi connectivity index (χ2n) is 4.89. The number of alkyl halides is 3. The van der Waals surface area contributed by atoms with Crippen molar-refractivity contribution < 1.29 is 4.74 Å². The number of nitrogens with zero attached hydrogens (tertiary/aromatic N) is 2. The second-order valence-corrected chi connectivity index (χ2v) is 7.17. The van der Waals surface area contributed by atoms with Crippen LogP contribution >= 0.6 is 34.8 Å².